The fraction of sp³-hybridized carbons (Fsp3) is 0.765. The number of aliphatic hydroxyl groups is 1. The van der Waals surface area contributed by atoms with Crippen molar-refractivity contribution in [3.05, 3.63) is 23.5 Å². The average molecular weight is 261 g/mol. The van der Waals surface area contributed by atoms with Gasteiger partial charge in [-0.1, -0.05) is 34.1 Å². The van der Waals surface area contributed by atoms with Gasteiger partial charge in [-0.15, -0.1) is 0 Å². The van der Waals surface area contributed by atoms with Crippen LogP contribution in [0.5, 0.6) is 0 Å². The SMILES string of the molecule is CC1(C)Cc2c(ccn2C2CCCC2(C)C)C(O)C1. The number of hydrogen-bond acceptors (Lipinski definition) is 1. The Labute approximate surface area is 116 Å². The van der Waals surface area contributed by atoms with Gasteiger partial charge in [0, 0.05) is 23.5 Å². The van der Waals surface area contributed by atoms with E-state index in [1.54, 1.807) is 0 Å². The summed E-state index contributed by atoms with van der Waals surface area (Å²) in [6.45, 7) is 9.33. The summed E-state index contributed by atoms with van der Waals surface area (Å²) in [6.07, 6.45) is 7.87. The Morgan fingerprint density at radius 2 is 2.00 bits per heavy atom. The summed E-state index contributed by atoms with van der Waals surface area (Å²) in [5, 5.41) is 10.4. The molecule has 2 aliphatic rings. The topological polar surface area (TPSA) is 25.2 Å². The second kappa shape index (κ2) is 4.12. The Kier molecular flexibility index (Phi) is 2.87. The molecule has 0 spiro atoms. The number of rotatable bonds is 1. The maximum atomic E-state index is 10.4. The molecule has 1 fully saturated rings. The molecule has 1 aromatic heterocycles. The lowest BCUT2D eigenvalue weighted by atomic mass is 9.75. The highest BCUT2D eigenvalue weighted by atomic mass is 16.3. The monoisotopic (exact) mass is 261 g/mol. The lowest BCUT2D eigenvalue weighted by Crippen LogP contribution is -2.29. The molecule has 1 N–H and O–H groups in total. The van der Waals surface area contributed by atoms with Crippen molar-refractivity contribution in [2.75, 3.05) is 0 Å². The van der Waals surface area contributed by atoms with Crippen LogP contribution in [0.3, 0.4) is 0 Å². The lowest BCUT2D eigenvalue weighted by Gasteiger charge is -2.37. The van der Waals surface area contributed by atoms with Crippen molar-refractivity contribution in [2.45, 2.75) is 71.9 Å². The van der Waals surface area contributed by atoms with Crippen LogP contribution in [0.15, 0.2) is 12.3 Å². The Morgan fingerprint density at radius 3 is 2.63 bits per heavy atom. The van der Waals surface area contributed by atoms with Crippen LogP contribution in [-0.4, -0.2) is 9.67 Å². The molecule has 1 saturated carbocycles. The zero-order chi connectivity index (χ0) is 13.8. The van der Waals surface area contributed by atoms with Gasteiger partial charge in [0.2, 0.25) is 0 Å². The molecule has 0 aromatic carbocycles. The highest BCUT2D eigenvalue weighted by Gasteiger charge is 2.39. The molecule has 19 heavy (non-hydrogen) atoms. The molecular weight excluding hydrogens is 234 g/mol. The second-order valence-electron chi connectivity index (χ2n) is 8.08. The third-order valence-electron chi connectivity index (χ3n) is 5.35. The minimum Gasteiger partial charge on any atom is -0.388 e. The van der Waals surface area contributed by atoms with Gasteiger partial charge in [-0.3, -0.25) is 0 Å². The molecule has 0 radical (unpaired) electrons. The van der Waals surface area contributed by atoms with E-state index in [0.29, 0.717) is 11.5 Å². The summed E-state index contributed by atoms with van der Waals surface area (Å²) >= 11 is 0. The van der Waals surface area contributed by atoms with E-state index in [1.807, 2.05) is 0 Å². The molecule has 2 heteroatoms. The van der Waals surface area contributed by atoms with Crippen LogP contribution in [0.25, 0.3) is 0 Å². The summed E-state index contributed by atoms with van der Waals surface area (Å²) in [7, 11) is 0. The van der Waals surface area contributed by atoms with Crippen molar-refractivity contribution in [3.8, 4) is 0 Å². The van der Waals surface area contributed by atoms with E-state index >= 15 is 0 Å². The van der Waals surface area contributed by atoms with Gasteiger partial charge in [-0.2, -0.15) is 0 Å². The van der Waals surface area contributed by atoms with E-state index in [2.05, 4.69) is 44.5 Å². The summed E-state index contributed by atoms with van der Waals surface area (Å²) in [5.74, 6) is 0. The Bertz CT molecular complexity index is 483. The molecular formula is C17H27NO. The van der Waals surface area contributed by atoms with E-state index in [0.717, 1.165) is 12.8 Å². The summed E-state index contributed by atoms with van der Waals surface area (Å²) in [5.41, 5.74) is 3.18. The van der Waals surface area contributed by atoms with Gasteiger partial charge in [-0.25, -0.2) is 0 Å². The Morgan fingerprint density at radius 1 is 1.26 bits per heavy atom. The smallest absolute Gasteiger partial charge is 0.0812 e. The first-order valence-corrected chi connectivity index (χ1v) is 7.68. The molecule has 0 saturated heterocycles. The van der Waals surface area contributed by atoms with Crippen molar-refractivity contribution >= 4 is 0 Å². The van der Waals surface area contributed by atoms with Gasteiger partial charge < -0.3 is 9.67 Å². The van der Waals surface area contributed by atoms with Gasteiger partial charge in [0.1, 0.15) is 0 Å². The van der Waals surface area contributed by atoms with E-state index in [-0.39, 0.29) is 11.5 Å². The fourth-order valence-corrected chi connectivity index (χ4v) is 4.27. The molecule has 1 aromatic rings. The predicted octanol–water partition coefficient (Wildman–Crippen LogP) is 4.25. The number of fused-ring (bicyclic) bond motifs is 1. The zero-order valence-electron chi connectivity index (χ0n) is 12.7. The normalized spacial score (nSPS) is 32.3. The maximum Gasteiger partial charge on any atom is 0.0812 e. The molecule has 0 aliphatic heterocycles. The van der Waals surface area contributed by atoms with Crippen LogP contribution in [0.1, 0.15) is 76.8 Å². The molecule has 2 aliphatic carbocycles. The highest BCUT2D eigenvalue weighted by molar-refractivity contribution is 5.30. The first-order valence-electron chi connectivity index (χ1n) is 7.68. The molecule has 106 valence electrons. The number of aliphatic hydroxyl groups excluding tert-OH is 1. The van der Waals surface area contributed by atoms with Crippen LogP contribution in [0.4, 0.5) is 0 Å². The van der Waals surface area contributed by atoms with Crippen LogP contribution in [-0.2, 0) is 6.42 Å². The van der Waals surface area contributed by atoms with E-state index in [4.69, 9.17) is 0 Å². The van der Waals surface area contributed by atoms with Gasteiger partial charge in [0.25, 0.3) is 0 Å². The van der Waals surface area contributed by atoms with Crippen molar-refractivity contribution in [3.63, 3.8) is 0 Å². The van der Waals surface area contributed by atoms with Crippen LogP contribution < -0.4 is 0 Å². The van der Waals surface area contributed by atoms with E-state index in [1.165, 1.54) is 30.5 Å². The van der Waals surface area contributed by atoms with Crippen LogP contribution in [0, 0.1) is 10.8 Å². The first-order chi connectivity index (χ1) is 8.80. The van der Waals surface area contributed by atoms with E-state index in [9.17, 15) is 5.11 Å². The summed E-state index contributed by atoms with van der Waals surface area (Å²) in [6, 6.07) is 2.77. The molecule has 3 rings (SSSR count). The minimum atomic E-state index is -0.274. The van der Waals surface area contributed by atoms with E-state index < -0.39 is 0 Å². The maximum absolute atomic E-state index is 10.4. The largest absolute Gasteiger partial charge is 0.388 e. The van der Waals surface area contributed by atoms with Crippen molar-refractivity contribution in [2.24, 2.45) is 10.8 Å². The number of nitrogens with zero attached hydrogens (tertiary/aromatic N) is 1. The average Bonchev–Trinajstić information content (AvgIpc) is 2.79. The van der Waals surface area contributed by atoms with Gasteiger partial charge >= 0.3 is 0 Å². The third kappa shape index (κ3) is 2.14. The van der Waals surface area contributed by atoms with Gasteiger partial charge in [0.05, 0.1) is 6.10 Å². The van der Waals surface area contributed by atoms with Crippen molar-refractivity contribution < 1.29 is 5.11 Å². The Hall–Kier alpha value is -0.760. The van der Waals surface area contributed by atoms with Crippen LogP contribution in [0.2, 0.25) is 0 Å². The third-order valence-corrected chi connectivity index (χ3v) is 5.35. The quantitative estimate of drug-likeness (QED) is 0.803. The molecule has 1 heterocycles. The van der Waals surface area contributed by atoms with Crippen molar-refractivity contribution in [1.82, 2.24) is 4.57 Å². The van der Waals surface area contributed by atoms with Crippen LogP contribution >= 0.6 is 0 Å². The zero-order valence-corrected chi connectivity index (χ0v) is 12.7. The predicted molar refractivity (Wildman–Crippen MR) is 78.2 cm³/mol. The first kappa shape index (κ1) is 13.2. The molecule has 2 atom stereocenters. The molecule has 2 unspecified atom stereocenters. The molecule has 2 nitrogen and oxygen atoms in total. The fourth-order valence-electron chi connectivity index (χ4n) is 4.27. The second-order valence-corrected chi connectivity index (χ2v) is 8.08. The van der Waals surface area contributed by atoms with Crippen molar-refractivity contribution in [1.29, 1.82) is 0 Å². The number of aromatic nitrogens is 1. The standard InChI is InChI=1S/C17H27NO/c1-16(2)10-13-12(14(19)11-16)7-9-18(13)15-6-5-8-17(15,3)4/h7,9,14-15,19H,5-6,8,10-11H2,1-4H3. The van der Waals surface area contributed by atoms with Gasteiger partial charge in [-0.05, 0) is 42.6 Å². The number of hydrogen-bond donors (Lipinski definition) is 1. The Balaban J connectivity index is 2.02. The molecule has 0 bridgehead atoms. The summed E-state index contributed by atoms with van der Waals surface area (Å²) < 4.78 is 2.49. The molecule has 0 amide bonds. The lowest BCUT2D eigenvalue weighted by molar-refractivity contribution is 0.0961. The van der Waals surface area contributed by atoms with Gasteiger partial charge in [0.15, 0.2) is 0 Å². The summed E-state index contributed by atoms with van der Waals surface area (Å²) in [4.78, 5) is 0. The minimum absolute atomic E-state index is 0.214. The highest BCUT2D eigenvalue weighted by Crippen LogP contribution is 2.49.